The molecule has 2 aliphatic rings. The summed E-state index contributed by atoms with van der Waals surface area (Å²) in [7, 11) is -3.22. The lowest BCUT2D eigenvalue weighted by Gasteiger charge is -2.31. The average Bonchev–Trinajstić information content (AvgIpc) is 3.13. The van der Waals surface area contributed by atoms with E-state index in [-0.39, 0.29) is 10.9 Å². The Bertz CT molecular complexity index is 971. The van der Waals surface area contributed by atoms with Crippen LogP contribution in [0.5, 0.6) is 11.5 Å². The SMILES string of the molecule is CS(=O)(=O)c1ccc(Oc2ccc(NC(=O)N3CCC4CCCCC43)cc2)cc1. The third-order valence-electron chi connectivity index (χ3n) is 5.86. The van der Waals surface area contributed by atoms with Gasteiger partial charge in [0.15, 0.2) is 9.84 Å². The van der Waals surface area contributed by atoms with Crippen molar-refractivity contribution < 1.29 is 17.9 Å². The molecule has 1 N–H and O–H groups in total. The van der Waals surface area contributed by atoms with E-state index in [4.69, 9.17) is 4.74 Å². The van der Waals surface area contributed by atoms with Gasteiger partial charge in [0.1, 0.15) is 11.5 Å². The molecule has 6 nitrogen and oxygen atoms in total. The fourth-order valence-electron chi connectivity index (χ4n) is 4.35. The van der Waals surface area contributed by atoms with Gasteiger partial charge in [-0.15, -0.1) is 0 Å². The number of sulfone groups is 1. The van der Waals surface area contributed by atoms with Gasteiger partial charge in [0.2, 0.25) is 0 Å². The molecule has 0 bridgehead atoms. The minimum atomic E-state index is -3.22. The molecule has 0 radical (unpaired) electrons. The first kappa shape index (κ1) is 19.8. The van der Waals surface area contributed by atoms with Crippen LogP contribution in [0.4, 0.5) is 10.5 Å². The molecular weight excluding hydrogens is 388 g/mol. The average molecular weight is 415 g/mol. The molecule has 0 aromatic heterocycles. The molecule has 7 heteroatoms. The van der Waals surface area contributed by atoms with Gasteiger partial charge in [0.05, 0.1) is 4.90 Å². The van der Waals surface area contributed by atoms with E-state index in [9.17, 15) is 13.2 Å². The number of likely N-dealkylation sites (tertiary alicyclic amines) is 1. The maximum atomic E-state index is 12.7. The summed E-state index contributed by atoms with van der Waals surface area (Å²) in [5.41, 5.74) is 0.731. The Morgan fingerprint density at radius 2 is 1.59 bits per heavy atom. The first-order valence-electron chi connectivity index (χ1n) is 10.1. The zero-order valence-electron chi connectivity index (χ0n) is 16.5. The number of rotatable bonds is 4. The Balaban J connectivity index is 1.36. The summed E-state index contributed by atoms with van der Waals surface area (Å²) in [4.78, 5) is 14.9. The van der Waals surface area contributed by atoms with Gasteiger partial charge in [-0.2, -0.15) is 0 Å². The van der Waals surface area contributed by atoms with Crippen molar-refractivity contribution in [1.82, 2.24) is 4.90 Å². The molecule has 1 saturated heterocycles. The fraction of sp³-hybridized carbons (Fsp3) is 0.409. The van der Waals surface area contributed by atoms with E-state index in [1.165, 1.54) is 37.7 Å². The molecule has 1 saturated carbocycles. The van der Waals surface area contributed by atoms with Crippen LogP contribution in [-0.4, -0.2) is 38.2 Å². The Morgan fingerprint density at radius 3 is 2.24 bits per heavy atom. The lowest BCUT2D eigenvalue weighted by atomic mass is 9.85. The van der Waals surface area contributed by atoms with Crippen molar-refractivity contribution in [2.45, 2.75) is 43.0 Å². The molecule has 4 rings (SSSR count). The number of carbonyl (C=O) groups is 1. The highest BCUT2D eigenvalue weighted by Crippen LogP contribution is 2.36. The molecule has 1 aliphatic carbocycles. The Hall–Kier alpha value is -2.54. The van der Waals surface area contributed by atoms with Crippen molar-refractivity contribution in [3.63, 3.8) is 0 Å². The molecule has 2 amide bonds. The number of fused-ring (bicyclic) bond motifs is 1. The number of nitrogens with zero attached hydrogens (tertiary/aromatic N) is 1. The van der Waals surface area contributed by atoms with E-state index >= 15 is 0 Å². The number of hydrogen-bond donors (Lipinski definition) is 1. The van der Waals surface area contributed by atoms with Gasteiger partial charge in [-0.05, 0) is 73.7 Å². The highest BCUT2D eigenvalue weighted by molar-refractivity contribution is 7.90. The van der Waals surface area contributed by atoms with Gasteiger partial charge in [-0.1, -0.05) is 12.8 Å². The second kappa shape index (κ2) is 8.06. The molecule has 154 valence electrons. The van der Waals surface area contributed by atoms with E-state index in [2.05, 4.69) is 5.32 Å². The Morgan fingerprint density at radius 1 is 0.966 bits per heavy atom. The van der Waals surface area contributed by atoms with Crippen LogP contribution in [0, 0.1) is 5.92 Å². The topological polar surface area (TPSA) is 75.7 Å². The molecule has 1 aliphatic heterocycles. The lowest BCUT2D eigenvalue weighted by molar-refractivity contribution is 0.182. The van der Waals surface area contributed by atoms with Gasteiger partial charge in [-0.3, -0.25) is 0 Å². The van der Waals surface area contributed by atoms with Crippen LogP contribution < -0.4 is 10.1 Å². The van der Waals surface area contributed by atoms with Crippen molar-refractivity contribution in [3.05, 3.63) is 48.5 Å². The first-order chi connectivity index (χ1) is 13.9. The van der Waals surface area contributed by atoms with Crippen LogP contribution >= 0.6 is 0 Å². The van der Waals surface area contributed by atoms with Crippen molar-refractivity contribution in [2.24, 2.45) is 5.92 Å². The number of ether oxygens (including phenoxy) is 1. The normalized spacial score (nSPS) is 21.5. The number of benzene rings is 2. The van der Waals surface area contributed by atoms with Crippen molar-refractivity contribution in [3.8, 4) is 11.5 Å². The maximum Gasteiger partial charge on any atom is 0.322 e. The standard InChI is InChI=1S/C22H26N2O4S/c1-29(26,27)20-12-10-19(11-13-20)28-18-8-6-17(7-9-18)23-22(25)24-15-14-16-4-2-3-5-21(16)24/h6-13,16,21H,2-5,14-15H2,1H3,(H,23,25). The van der Waals surface area contributed by atoms with Crippen LogP contribution in [0.25, 0.3) is 0 Å². The number of anilines is 1. The Kier molecular flexibility index (Phi) is 5.50. The van der Waals surface area contributed by atoms with E-state index in [1.807, 2.05) is 17.0 Å². The predicted molar refractivity (Wildman–Crippen MR) is 112 cm³/mol. The van der Waals surface area contributed by atoms with Gasteiger partial charge < -0.3 is 15.0 Å². The van der Waals surface area contributed by atoms with Crippen LogP contribution in [-0.2, 0) is 9.84 Å². The van der Waals surface area contributed by atoms with E-state index < -0.39 is 9.84 Å². The Labute approximate surface area is 171 Å². The fourth-order valence-corrected chi connectivity index (χ4v) is 4.98. The number of nitrogens with one attached hydrogen (secondary N) is 1. The van der Waals surface area contributed by atoms with Crippen LogP contribution in [0.3, 0.4) is 0 Å². The molecular formula is C22H26N2O4S. The van der Waals surface area contributed by atoms with E-state index in [0.29, 0.717) is 23.5 Å². The van der Waals surface area contributed by atoms with Crippen molar-refractivity contribution in [2.75, 3.05) is 18.1 Å². The van der Waals surface area contributed by atoms with E-state index in [1.54, 1.807) is 24.3 Å². The van der Waals surface area contributed by atoms with Gasteiger partial charge in [-0.25, -0.2) is 13.2 Å². The summed E-state index contributed by atoms with van der Waals surface area (Å²) in [6.45, 7) is 0.839. The summed E-state index contributed by atoms with van der Waals surface area (Å²) >= 11 is 0. The van der Waals surface area contributed by atoms with Crippen LogP contribution in [0.15, 0.2) is 53.4 Å². The quantitative estimate of drug-likeness (QED) is 0.788. The molecule has 0 spiro atoms. The summed E-state index contributed by atoms with van der Waals surface area (Å²) in [5.74, 6) is 1.83. The molecule has 2 fully saturated rings. The third-order valence-corrected chi connectivity index (χ3v) is 6.99. The second-order valence-corrected chi connectivity index (χ2v) is 9.91. The first-order valence-corrected chi connectivity index (χ1v) is 11.9. The molecule has 1 heterocycles. The lowest BCUT2D eigenvalue weighted by Crippen LogP contribution is -2.41. The van der Waals surface area contributed by atoms with Crippen LogP contribution in [0.1, 0.15) is 32.1 Å². The van der Waals surface area contributed by atoms with Crippen molar-refractivity contribution >= 4 is 21.6 Å². The van der Waals surface area contributed by atoms with Crippen LogP contribution in [0.2, 0.25) is 0 Å². The second-order valence-electron chi connectivity index (χ2n) is 7.89. The molecule has 2 unspecified atom stereocenters. The highest BCUT2D eigenvalue weighted by Gasteiger charge is 2.38. The largest absolute Gasteiger partial charge is 0.457 e. The number of urea groups is 1. The summed E-state index contributed by atoms with van der Waals surface area (Å²) in [5, 5.41) is 3.00. The van der Waals surface area contributed by atoms with E-state index in [0.717, 1.165) is 25.1 Å². The number of carbonyl (C=O) groups excluding carboxylic acids is 1. The van der Waals surface area contributed by atoms with Gasteiger partial charge in [0.25, 0.3) is 0 Å². The van der Waals surface area contributed by atoms with Gasteiger partial charge in [0, 0.05) is 24.5 Å². The summed E-state index contributed by atoms with van der Waals surface area (Å²) in [6, 6.07) is 13.9. The zero-order chi connectivity index (χ0) is 20.4. The molecule has 2 aromatic carbocycles. The zero-order valence-corrected chi connectivity index (χ0v) is 17.3. The number of amides is 2. The number of hydrogen-bond acceptors (Lipinski definition) is 4. The highest BCUT2D eigenvalue weighted by atomic mass is 32.2. The monoisotopic (exact) mass is 414 g/mol. The summed E-state index contributed by atoms with van der Waals surface area (Å²) < 4.78 is 28.8. The smallest absolute Gasteiger partial charge is 0.322 e. The molecule has 29 heavy (non-hydrogen) atoms. The summed E-state index contributed by atoms with van der Waals surface area (Å²) in [6.07, 6.45) is 7.14. The van der Waals surface area contributed by atoms with Crippen molar-refractivity contribution in [1.29, 1.82) is 0 Å². The predicted octanol–water partition coefficient (Wildman–Crippen LogP) is 4.68. The minimum Gasteiger partial charge on any atom is -0.457 e. The molecule has 2 aromatic rings. The third kappa shape index (κ3) is 4.56. The minimum absolute atomic E-state index is 0.0237. The maximum absolute atomic E-state index is 12.7. The van der Waals surface area contributed by atoms with Gasteiger partial charge >= 0.3 is 6.03 Å². The molecule has 2 atom stereocenters.